The molecule has 6 heteroatoms. The molecule has 0 aliphatic heterocycles. The van der Waals surface area contributed by atoms with E-state index in [0.29, 0.717) is 16.5 Å². The molecule has 0 unspecified atom stereocenters. The number of fused-ring (bicyclic) bond motifs is 1. The van der Waals surface area contributed by atoms with Crippen LogP contribution in [0.15, 0.2) is 24.4 Å². The first kappa shape index (κ1) is 10.6. The Kier molecular flexibility index (Phi) is 2.62. The number of ketones is 1. The number of aromatic amines is 1. The number of hydrogen-bond acceptors (Lipinski definition) is 3. The average Bonchev–Trinajstić information content (AvgIpc) is 2.70. The van der Waals surface area contributed by atoms with Crippen molar-refractivity contribution >= 4 is 34.0 Å². The van der Waals surface area contributed by atoms with Gasteiger partial charge in [0.05, 0.1) is 10.8 Å². The Bertz CT molecular complexity index is 576. The highest BCUT2D eigenvalue weighted by molar-refractivity contribution is 6.32. The summed E-state index contributed by atoms with van der Waals surface area (Å²) in [5.41, 5.74) is 1.02. The topological polar surface area (TPSA) is 76.0 Å². The van der Waals surface area contributed by atoms with Crippen molar-refractivity contribution < 1.29 is 9.72 Å². The summed E-state index contributed by atoms with van der Waals surface area (Å²) in [5.74, 6) is -0.399. The average molecular weight is 239 g/mol. The van der Waals surface area contributed by atoms with Crippen molar-refractivity contribution in [1.29, 1.82) is 0 Å². The van der Waals surface area contributed by atoms with E-state index in [1.807, 2.05) is 0 Å². The molecule has 0 spiro atoms. The highest BCUT2D eigenvalue weighted by atomic mass is 35.5. The summed E-state index contributed by atoms with van der Waals surface area (Å²) < 4.78 is 0. The Balaban J connectivity index is 2.64. The molecule has 0 saturated carbocycles. The van der Waals surface area contributed by atoms with Crippen LogP contribution in [0.4, 0.5) is 5.69 Å². The van der Waals surface area contributed by atoms with Gasteiger partial charge in [0.15, 0.2) is 5.78 Å². The Morgan fingerprint density at radius 3 is 2.88 bits per heavy atom. The van der Waals surface area contributed by atoms with Crippen molar-refractivity contribution in [1.82, 2.24) is 4.98 Å². The van der Waals surface area contributed by atoms with E-state index in [1.54, 1.807) is 6.07 Å². The number of rotatable bonds is 3. The number of benzene rings is 1. The smallest absolute Gasteiger partial charge is 0.270 e. The number of nitro benzene ring substituents is 1. The summed E-state index contributed by atoms with van der Waals surface area (Å²) >= 11 is 5.45. The maximum atomic E-state index is 11.4. The number of nitrogens with zero attached hydrogens (tertiary/aromatic N) is 1. The van der Waals surface area contributed by atoms with Crippen LogP contribution in [-0.4, -0.2) is 21.6 Å². The highest BCUT2D eigenvalue weighted by Crippen LogP contribution is 2.24. The van der Waals surface area contributed by atoms with E-state index in [0.717, 1.165) is 0 Å². The molecule has 82 valence electrons. The fraction of sp³-hybridized carbons (Fsp3) is 0.100. The van der Waals surface area contributed by atoms with E-state index in [4.69, 9.17) is 11.6 Å². The lowest BCUT2D eigenvalue weighted by molar-refractivity contribution is -0.384. The number of Topliss-reactive ketones (excluding diaryl/α,β-unsaturated/α-hetero) is 1. The zero-order valence-electron chi connectivity index (χ0n) is 8.07. The Morgan fingerprint density at radius 1 is 1.50 bits per heavy atom. The summed E-state index contributed by atoms with van der Waals surface area (Å²) in [6.07, 6.45) is 1.51. The molecular formula is C10H7ClN2O3. The minimum atomic E-state index is -0.499. The van der Waals surface area contributed by atoms with Crippen molar-refractivity contribution in [2.24, 2.45) is 0 Å². The zero-order chi connectivity index (χ0) is 11.7. The third kappa shape index (κ3) is 1.65. The molecule has 0 amide bonds. The summed E-state index contributed by atoms with van der Waals surface area (Å²) in [4.78, 5) is 24.4. The molecule has 0 aliphatic carbocycles. The van der Waals surface area contributed by atoms with Gasteiger partial charge in [0.2, 0.25) is 0 Å². The predicted molar refractivity (Wildman–Crippen MR) is 60.0 cm³/mol. The van der Waals surface area contributed by atoms with E-state index in [1.165, 1.54) is 18.3 Å². The highest BCUT2D eigenvalue weighted by Gasteiger charge is 2.14. The number of halogens is 1. The zero-order valence-corrected chi connectivity index (χ0v) is 8.82. The molecule has 1 N–H and O–H groups in total. The molecule has 16 heavy (non-hydrogen) atoms. The van der Waals surface area contributed by atoms with Crippen LogP contribution < -0.4 is 0 Å². The number of nitrogens with one attached hydrogen (secondary N) is 1. The number of non-ortho nitro benzene ring substituents is 1. The summed E-state index contributed by atoms with van der Waals surface area (Å²) in [6.45, 7) is 0. The van der Waals surface area contributed by atoms with Crippen LogP contribution in [0.2, 0.25) is 0 Å². The molecule has 0 radical (unpaired) electrons. The van der Waals surface area contributed by atoms with E-state index in [2.05, 4.69) is 4.98 Å². The van der Waals surface area contributed by atoms with Gasteiger partial charge in [-0.25, -0.2) is 0 Å². The Morgan fingerprint density at radius 2 is 2.25 bits per heavy atom. The largest absolute Gasteiger partial charge is 0.360 e. The quantitative estimate of drug-likeness (QED) is 0.386. The monoisotopic (exact) mass is 238 g/mol. The number of carbonyl (C=O) groups excluding carboxylic acids is 1. The van der Waals surface area contributed by atoms with Gasteiger partial charge in [-0.1, -0.05) is 0 Å². The predicted octanol–water partition coefficient (Wildman–Crippen LogP) is 2.50. The van der Waals surface area contributed by atoms with Gasteiger partial charge >= 0.3 is 0 Å². The fourth-order valence-corrected chi connectivity index (χ4v) is 1.67. The number of aromatic nitrogens is 1. The third-order valence-corrected chi connectivity index (χ3v) is 2.54. The van der Waals surface area contributed by atoms with Gasteiger partial charge in [-0.2, -0.15) is 0 Å². The number of carbonyl (C=O) groups is 1. The van der Waals surface area contributed by atoms with E-state index < -0.39 is 4.92 Å². The number of alkyl halides is 1. The molecule has 1 aromatic carbocycles. The van der Waals surface area contributed by atoms with Crippen LogP contribution in [0.3, 0.4) is 0 Å². The second kappa shape index (κ2) is 3.94. The van der Waals surface area contributed by atoms with Crippen LogP contribution in [0, 0.1) is 10.1 Å². The normalized spacial score (nSPS) is 10.6. The lowest BCUT2D eigenvalue weighted by Crippen LogP contribution is -1.98. The van der Waals surface area contributed by atoms with Gasteiger partial charge in [0.1, 0.15) is 0 Å². The molecule has 1 heterocycles. The van der Waals surface area contributed by atoms with Gasteiger partial charge in [0, 0.05) is 34.8 Å². The Hall–Kier alpha value is -1.88. The lowest BCUT2D eigenvalue weighted by Gasteiger charge is -1.95. The van der Waals surface area contributed by atoms with E-state index in [9.17, 15) is 14.9 Å². The van der Waals surface area contributed by atoms with E-state index in [-0.39, 0.29) is 17.4 Å². The molecule has 5 nitrogen and oxygen atoms in total. The fourth-order valence-electron chi connectivity index (χ4n) is 1.52. The Labute approximate surface area is 95.2 Å². The maximum Gasteiger partial charge on any atom is 0.270 e. The van der Waals surface area contributed by atoms with Crippen LogP contribution >= 0.6 is 11.6 Å². The first-order valence-electron chi connectivity index (χ1n) is 4.48. The lowest BCUT2D eigenvalue weighted by atomic mass is 10.1. The van der Waals surface area contributed by atoms with E-state index >= 15 is 0 Å². The number of H-pyrrole nitrogens is 1. The van der Waals surface area contributed by atoms with Crippen molar-refractivity contribution in [2.45, 2.75) is 0 Å². The standard InChI is InChI=1S/C10H7ClN2O3/c11-4-10(14)8-5-12-9-2-1-6(13(15)16)3-7(8)9/h1-3,5,12H,4H2. The minimum Gasteiger partial charge on any atom is -0.360 e. The van der Waals surface area contributed by atoms with Gasteiger partial charge in [-0.15, -0.1) is 11.6 Å². The van der Waals surface area contributed by atoms with Crippen LogP contribution in [0.25, 0.3) is 10.9 Å². The first-order valence-corrected chi connectivity index (χ1v) is 5.01. The number of hydrogen-bond donors (Lipinski definition) is 1. The molecular weight excluding hydrogens is 232 g/mol. The number of nitro groups is 1. The molecule has 1 aromatic heterocycles. The summed E-state index contributed by atoms with van der Waals surface area (Å²) in [7, 11) is 0. The van der Waals surface area contributed by atoms with Crippen LogP contribution in [0.1, 0.15) is 10.4 Å². The van der Waals surface area contributed by atoms with Crippen molar-refractivity contribution in [3.8, 4) is 0 Å². The second-order valence-corrected chi connectivity index (χ2v) is 3.51. The minimum absolute atomic E-state index is 0.0456. The SMILES string of the molecule is O=C(CCl)c1c[nH]c2ccc([N+](=O)[O-])cc12. The molecule has 2 aromatic rings. The molecule has 2 rings (SSSR count). The summed E-state index contributed by atoms with van der Waals surface area (Å²) in [5, 5.41) is 11.1. The molecule has 0 bridgehead atoms. The van der Waals surface area contributed by atoms with Crippen LogP contribution in [-0.2, 0) is 0 Å². The molecule has 0 fully saturated rings. The van der Waals surface area contributed by atoms with Gasteiger partial charge in [-0.05, 0) is 6.07 Å². The van der Waals surface area contributed by atoms with Gasteiger partial charge < -0.3 is 4.98 Å². The van der Waals surface area contributed by atoms with Crippen molar-refractivity contribution in [3.05, 3.63) is 40.1 Å². The van der Waals surface area contributed by atoms with Gasteiger partial charge in [0.25, 0.3) is 5.69 Å². The first-order chi connectivity index (χ1) is 7.63. The van der Waals surface area contributed by atoms with Crippen molar-refractivity contribution in [2.75, 3.05) is 5.88 Å². The molecule has 0 atom stereocenters. The van der Waals surface area contributed by atoms with Gasteiger partial charge in [-0.3, -0.25) is 14.9 Å². The summed E-state index contributed by atoms with van der Waals surface area (Å²) in [6, 6.07) is 4.32. The van der Waals surface area contributed by atoms with Crippen molar-refractivity contribution in [3.63, 3.8) is 0 Å². The van der Waals surface area contributed by atoms with Crippen LogP contribution in [0.5, 0.6) is 0 Å². The maximum absolute atomic E-state index is 11.4. The second-order valence-electron chi connectivity index (χ2n) is 3.25. The molecule has 0 saturated heterocycles. The molecule has 0 aliphatic rings. The third-order valence-electron chi connectivity index (χ3n) is 2.30.